The third-order valence-electron chi connectivity index (χ3n) is 4.61. The molecule has 0 aromatic heterocycles. The highest BCUT2D eigenvalue weighted by atomic mass is 16.5. The van der Waals surface area contributed by atoms with Crippen molar-refractivity contribution in [2.75, 3.05) is 26.3 Å². The van der Waals surface area contributed by atoms with E-state index in [-0.39, 0.29) is 5.91 Å². The van der Waals surface area contributed by atoms with Crippen molar-refractivity contribution in [2.24, 2.45) is 5.73 Å². The highest BCUT2D eigenvalue weighted by molar-refractivity contribution is 5.95. The zero-order chi connectivity index (χ0) is 17.1. The molecule has 0 saturated carbocycles. The van der Waals surface area contributed by atoms with Crippen LogP contribution >= 0.6 is 0 Å². The molecule has 2 aromatic carbocycles. The summed E-state index contributed by atoms with van der Waals surface area (Å²) in [5.74, 6) is -0.379. The van der Waals surface area contributed by atoms with Gasteiger partial charge < -0.3 is 10.5 Å². The lowest BCUT2D eigenvalue weighted by Gasteiger charge is -2.26. The molecule has 126 valence electrons. The van der Waals surface area contributed by atoms with Crippen LogP contribution in [0.3, 0.4) is 0 Å². The third-order valence-corrected chi connectivity index (χ3v) is 4.61. The molecule has 0 radical (unpaired) electrons. The van der Waals surface area contributed by atoms with Gasteiger partial charge in [0.15, 0.2) is 0 Å². The molecular formula is C20H24N2O2. The van der Waals surface area contributed by atoms with Crippen LogP contribution in [0, 0.1) is 13.8 Å². The maximum Gasteiger partial charge on any atom is 0.248 e. The first-order valence-corrected chi connectivity index (χ1v) is 8.35. The molecule has 4 heteroatoms. The van der Waals surface area contributed by atoms with Gasteiger partial charge in [-0.25, -0.2) is 0 Å². The number of ether oxygens (including phenoxy) is 1. The number of hydrogen-bond donors (Lipinski definition) is 1. The van der Waals surface area contributed by atoms with E-state index in [9.17, 15) is 4.79 Å². The van der Waals surface area contributed by atoms with Crippen molar-refractivity contribution in [1.29, 1.82) is 0 Å². The highest BCUT2D eigenvalue weighted by Gasteiger charge is 2.12. The van der Waals surface area contributed by atoms with E-state index < -0.39 is 0 Å². The predicted molar refractivity (Wildman–Crippen MR) is 96.0 cm³/mol. The molecule has 24 heavy (non-hydrogen) atoms. The number of morpholine rings is 1. The molecule has 2 N–H and O–H groups in total. The van der Waals surface area contributed by atoms with Crippen molar-refractivity contribution in [3.05, 3.63) is 58.7 Å². The molecule has 0 unspecified atom stereocenters. The molecule has 0 bridgehead atoms. The molecule has 1 saturated heterocycles. The van der Waals surface area contributed by atoms with Crippen LogP contribution in [0.2, 0.25) is 0 Å². The van der Waals surface area contributed by atoms with Crippen LogP contribution in [0.5, 0.6) is 0 Å². The van der Waals surface area contributed by atoms with Gasteiger partial charge in [-0.05, 0) is 47.7 Å². The van der Waals surface area contributed by atoms with Gasteiger partial charge in [-0.2, -0.15) is 0 Å². The van der Waals surface area contributed by atoms with Crippen molar-refractivity contribution in [3.8, 4) is 11.1 Å². The van der Waals surface area contributed by atoms with Crippen molar-refractivity contribution in [1.82, 2.24) is 4.90 Å². The van der Waals surface area contributed by atoms with Crippen molar-refractivity contribution < 1.29 is 9.53 Å². The Labute approximate surface area is 143 Å². The van der Waals surface area contributed by atoms with Crippen LogP contribution in [0.15, 0.2) is 36.4 Å². The van der Waals surface area contributed by atoms with Gasteiger partial charge in [-0.3, -0.25) is 9.69 Å². The Bertz CT molecular complexity index is 749. The van der Waals surface area contributed by atoms with E-state index >= 15 is 0 Å². The van der Waals surface area contributed by atoms with Gasteiger partial charge in [-0.1, -0.05) is 30.3 Å². The fourth-order valence-corrected chi connectivity index (χ4v) is 3.22. The van der Waals surface area contributed by atoms with Crippen molar-refractivity contribution >= 4 is 5.91 Å². The molecule has 0 aliphatic carbocycles. The molecule has 2 aromatic rings. The molecule has 3 rings (SSSR count). The number of benzene rings is 2. The lowest BCUT2D eigenvalue weighted by Crippen LogP contribution is -2.35. The second-order valence-electron chi connectivity index (χ2n) is 6.43. The van der Waals surface area contributed by atoms with E-state index in [1.807, 2.05) is 25.1 Å². The van der Waals surface area contributed by atoms with E-state index in [1.165, 1.54) is 11.1 Å². The summed E-state index contributed by atoms with van der Waals surface area (Å²) in [4.78, 5) is 14.0. The zero-order valence-corrected chi connectivity index (χ0v) is 14.3. The van der Waals surface area contributed by atoms with Gasteiger partial charge in [0.05, 0.1) is 13.2 Å². The summed E-state index contributed by atoms with van der Waals surface area (Å²) < 4.78 is 5.40. The first-order valence-electron chi connectivity index (χ1n) is 8.35. The summed E-state index contributed by atoms with van der Waals surface area (Å²) >= 11 is 0. The van der Waals surface area contributed by atoms with E-state index in [1.54, 1.807) is 0 Å². The predicted octanol–water partition coefficient (Wildman–Crippen LogP) is 2.90. The molecule has 0 atom stereocenters. The average Bonchev–Trinajstić information content (AvgIpc) is 2.56. The van der Waals surface area contributed by atoms with E-state index in [0.717, 1.165) is 49.5 Å². The zero-order valence-electron chi connectivity index (χ0n) is 14.3. The van der Waals surface area contributed by atoms with E-state index in [2.05, 4.69) is 30.0 Å². The van der Waals surface area contributed by atoms with Crippen LogP contribution in [-0.4, -0.2) is 37.1 Å². The summed E-state index contributed by atoms with van der Waals surface area (Å²) in [7, 11) is 0. The third kappa shape index (κ3) is 3.66. The maximum absolute atomic E-state index is 11.6. The Balaban J connectivity index is 1.84. The second-order valence-corrected chi connectivity index (χ2v) is 6.43. The van der Waals surface area contributed by atoms with Crippen molar-refractivity contribution in [3.63, 3.8) is 0 Å². The molecule has 0 spiro atoms. The van der Waals surface area contributed by atoms with E-state index in [0.29, 0.717) is 5.56 Å². The molecule has 1 aliphatic heterocycles. The minimum atomic E-state index is -0.379. The number of nitrogens with two attached hydrogens (primary N) is 1. The standard InChI is InChI=1S/C20H24N2O2/c1-14-3-5-17(12-19(14)20(21)23)18-6-4-16(11-15(18)2)13-22-7-9-24-10-8-22/h3-6,11-12H,7-10,13H2,1-2H3,(H2,21,23). The second kappa shape index (κ2) is 7.16. The van der Waals surface area contributed by atoms with Crippen LogP contribution < -0.4 is 5.73 Å². The van der Waals surface area contributed by atoms with Gasteiger partial charge in [0, 0.05) is 25.2 Å². The number of rotatable bonds is 4. The SMILES string of the molecule is Cc1ccc(-c2ccc(CN3CCOCC3)cc2C)cc1C(N)=O. The Kier molecular flexibility index (Phi) is 4.97. The van der Waals surface area contributed by atoms with Gasteiger partial charge in [0.25, 0.3) is 0 Å². The molecule has 1 amide bonds. The summed E-state index contributed by atoms with van der Waals surface area (Å²) in [6, 6.07) is 12.4. The number of primary amides is 1. The largest absolute Gasteiger partial charge is 0.379 e. The Morgan fingerprint density at radius 1 is 1.08 bits per heavy atom. The number of carbonyl (C=O) groups is 1. The first kappa shape index (κ1) is 16.7. The number of aryl methyl sites for hydroxylation is 2. The highest BCUT2D eigenvalue weighted by Crippen LogP contribution is 2.27. The molecule has 1 fully saturated rings. The molecule has 4 nitrogen and oxygen atoms in total. The Hall–Kier alpha value is -2.17. The maximum atomic E-state index is 11.6. The van der Waals surface area contributed by atoms with Crippen LogP contribution in [0.1, 0.15) is 27.0 Å². The molecule has 1 heterocycles. The first-order chi connectivity index (χ1) is 11.5. The van der Waals surface area contributed by atoms with Crippen LogP contribution in [0.25, 0.3) is 11.1 Å². The number of hydrogen-bond acceptors (Lipinski definition) is 3. The summed E-state index contributed by atoms with van der Waals surface area (Å²) in [5.41, 5.74) is 11.7. The fraction of sp³-hybridized carbons (Fsp3) is 0.350. The lowest BCUT2D eigenvalue weighted by molar-refractivity contribution is 0.0342. The van der Waals surface area contributed by atoms with Gasteiger partial charge in [0.1, 0.15) is 0 Å². The normalized spacial score (nSPS) is 15.4. The minimum absolute atomic E-state index is 0.379. The van der Waals surface area contributed by atoms with Crippen LogP contribution in [-0.2, 0) is 11.3 Å². The average molecular weight is 324 g/mol. The van der Waals surface area contributed by atoms with Gasteiger partial charge in [0.2, 0.25) is 5.91 Å². The lowest BCUT2D eigenvalue weighted by atomic mass is 9.95. The number of amides is 1. The van der Waals surface area contributed by atoms with Gasteiger partial charge in [-0.15, -0.1) is 0 Å². The van der Waals surface area contributed by atoms with Gasteiger partial charge >= 0.3 is 0 Å². The van der Waals surface area contributed by atoms with Crippen LogP contribution in [0.4, 0.5) is 0 Å². The minimum Gasteiger partial charge on any atom is -0.379 e. The summed E-state index contributed by atoms with van der Waals surface area (Å²) in [5, 5.41) is 0. The molecule has 1 aliphatic rings. The molecular weight excluding hydrogens is 300 g/mol. The Morgan fingerprint density at radius 2 is 1.83 bits per heavy atom. The van der Waals surface area contributed by atoms with E-state index in [4.69, 9.17) is 10.5 Å². The smallest absolute Gasteiger partial charge is 0.248 e. The number of carbonyl (C=O) groups excluding carboxylic acids is 1. The number of nitrogens with zero attached hydrogens (tertiary/aromatic N) is 1. The summed E-state index contributed by atoms with van der Waals surface area (Å²) in [6.45, 7) is 8.57. The van der Waals surface area contributed by atoms with Crippen molar-refractivity contribution in [2.45, 2.75) is 20.4 Å². The fourth-order valence-electron chi connectivity index (χ4n) is 3.22. The summed E-state index contributed by atoms with van der Waals surface area (Å²) in [6.07, 6.45) is 0. The topological polar surface area (TPSA) is 55.6 Å². The Morgan fingerprint density at radius 3 is 2.50 bits per heavy atom. The quantitative estimate of drug-likeness (QED) is 0.941. The monoisotopic (exact) mass is 324 g/mol.